The largest absolute Gasteiger partial charge is 0.324 e. The topological polar surface area (TPSA) is 102 Å². The Kier molecular flexibility index (Phi) is 5.05. The third-order valence-electron chi connectivity index (χ3n) is 4.14. The van der Waals surface area contributed by atoms with Gasteiger partial charge in [-0.05, 0) is 60.0 Å². The molecule has 0 fully saturated rings. The van der Waals surface area contributed by atoms with Crippen LogP contribution in [0.4, 0.5) is 11.4 Å². The van der Waals surface area contributed by atoms with Crippen LogP contribution in [0.5, 0.6) is 0 Å². The predicted octanol–water partition coefficient (Wildman–Crippen LogP) is 3.07. The van der Waals surface area contributed by atoms with Crippen molar-refractivity contribution >= 4 is 46.7 Å². The van der Waals surface area contributed by atoms with E-state index >= 15 is 0 Å². The number of benzene rings is 2. The highest BCUT2D eigenvalue weighted by atomic mass is 32.2. The van der Waals surface area contributed by atoms with Crippen molar-refractivity contribution in [2.24, 2.45) is 0 Å². The van der Waals surface area contributed by atoms with E-state index in [2.05, 4.69) is 26.2 Å². The Balaban J connectivity index is 1.55. The molecule has 2 heterocycles. The maximum absolute atomic E-state index is 12.7. The highest BCUT2D eigenvalue weighted by Crippen LogP contribution is 2.36. The summed E-state index contributed by atoms with van der Waals surface area (Å²) in [5.74, 6) is -0.326. The molecule has 2 amide bonds. The predicted molar refractivity (Wildman–Crippen MR) is 109 cm³/mol. The number of rotatable bonds is 4. The molecule has 0 bridgehead atoms. The Hall–Kier alpha value is -2.85. The minimum Gasteiger partial charge on any atom is -0.324 e. The molecule has 1 atom stereocenters. The fraction of sp³-hybridized carbons (Fsp3) is 0.167. The smallest absolute Gasteiger partial charge is 0.255 e. The fourth-order valence-corrected chi connectivity index (χ4v) is 4.10. The summed E-state index contributed by atoms with van der Waals surface area (Å²) in [5.41, 5.74) is 2.49. The van der Waals surface area contributed by atoms with E-state index in [1.165, 1.54) is 23.5 Å². The van der Waals surface area contributed by atoms with Gasteiger partial charge in [0.25, 0.3) is 5.91 Å². The molecular formula is C18H16N6O2S2. The molecule has 0 saturated heterocycles. The van der Waals surface area contributed by atoms with Gasteiger partial charge in [0.05, 0.1) is 16.6 Å². The molecule has 8 nitrogen and oxygen atoms in total. The number of thioether (sulfide) groups is 2. The average molecular weight is 413 g/mol. The molecule has 4 rings (SSSR count). The van der Waals surface area contributed by atoms with Gasteiger partial charge in [-0.1, -0.05) is 17.8 Å². The number of carbonyl (C=O) groups is 2. The van der Waals surface area contributed by atoms with Gasteiger partial charge < -0.3 is 10.6 Å². The van der Waals surface area contributed by atoms with E-state index in [4.69, 9.17) is 0 Å². The average Bonchev–Trinajstić information content (AvgIpc) is 3.17. The molecule has 0 radical (unpaired) electrons. The van der Waals surface area contributed by atoms with Crippen molar-refractivity contribution in [1.29, 1.82) is 0 Å². The van der Waals surface area contributed by atoms with Crippen LogP contribution in [0.2, 0.25) is 0 Å². The first-order valence-electron chi connectivity index (χ1n) is 8.41. The number of amides is 2. The van der Waals surface area contributed by atoms with Gasteiger partial charge in [-0.15, -0.1) is 16.9 Å². The molecule has 28 heavy (non-hydrogen) atoms. The first-order valence-corrected chi connectivity index (χ1v) is 10.5. The summed E-state index contributed by atoms with van der Waals surface area (Å²) in [5, 5.41) is 17.8. The van der Waals surface area contributed by atoms with Gasteiger partial charge in [-0.2, -0.15) is 4.68 Å². The van der Waals surface area contributed by atoms with Crippen molar-refractivity contribution in [1.82, 2.24) is 20.2 Å². The minimum atomic E-state index is -0.264. The standard InChI is InChI=1S/C18H16N6O2S2/c1-10-16(25)20-14-8-11(6-7-15(14)28-10)17(26)19-12-4-3-5-13(9-12)24-18(27-2)21-22-23-24/h3-10H,1-2H3,(H,19,26)(H,20,25)/t10-/m0/s1. The van der Waals surface area contributed by atoms with Gasteiger partial charge in [0.15, 0.2) is 0 Å². The van der Waals surface area contributed by atoms with Crippen LogP contribution in [0.25, 0.3) is 5.69 Å². The summed E-state index contributed by atoms with van der Waals surface area (Å²) in [6.07, 6.45) is 1.89. The molecule has 2 N–H and O–H groups in total. The van der Waals surface area contributed by atoms with E-state index in [0.29, 0.717) is 22.1 Å². The van der Waals surface area contributed by atoms with Crippen LogP contribution < -0.4 is 10.6 Å². The van der Waals surface area contributed by atoms with Crippen LogP contribution in [0.3, 0.4) is 0 Å². The van der Waals surface area contributed by atoms with E-state index in [0.717, 1.165) is 10.6 Å². The number of fused-ring (bicyclic) bond motifs is 1. The Labute approximate surface area is 169 Å². The molecule has 0 aliphatic carbocycles. The van der Waals surface area contributed by atoms with Gasteiger partial charge in [-0.3, -0.25) is 9.59 Å². The molecule has 0 spiro atoms. The van der Waals surface area contributed by atoms with E-state index in [9.17, 15) is 9.59 Å². The van der Waals surface area contributed by atoms with Crippen molar-refractivity contribution in [3.63, 3.8) is 0 Å². The number of nitrogens with one attached hydrogen (secondary N) is 2. The maximum Gasteiger partial charge on any atom is 0.255 e. The second kappa shape index (κ2) is 7.64. The van der Waals surface area contributed by atoms with Gasteiger partial charge in [0.1, 0.15) is 0 Å². The summed E-state index contributed by atoms with van der Waals surface area (Å²) in [4.78, 5) is 25.5. The van der Waals surface area contributed by atoms with Gasteiger partial charge in [-0.25, -0.2) is 0 Å². The maximum atomic E-state index is 12.7. The summed E-state index contributed by atoms with van der Waals surface area (Å²) in [6.45, 7) is 1.85. The monoisotopic (exact) mass is 412 g/mol. The quantitative estimate of drug-likeness (QED) is 0.635. The lowest BCUT2D eigenvalue weighted by atomic mass is 10.1. The lowest BCUT2D eigenvalue weighted by Gasteiger charge is -2.21. The molecule has 10 heteroatoms. The summed E-state index contributed by atoms with van der Waals surface area (Å²) in [6, 6.07) is 12.6. The highest BCUT2D eigenvalue weighted by Gasteiger charge is 2.23. The van der Waals surface area contributed by atoms with Crippen molar-refractivity contribution in [2.75, 3.05) is 16.9 Å². The van der Waals surface area contributed by atoms with Crippen LogP contribution in [-0.2, 0) is 4.79 Å². The van der Waals surface area contributed by atoms with Gasteiger partial charge >= 0.3 is 0 Å². The molecule has 2 aromatic carbocycles. The number of tetrazole rings is 1. The number of aromatic nitrogens is 4. The lowest BCUT2D eigenvalue weighted by molar-refractivity contribution is -0.115. The zero-order valence-corrected chi connectivity index (χ0v) is 16.7. The van der Waals surface area contributed by atoms with Crippen molar-refractivity contribution in [3.05, 3.63) is 48.0 Å². The molecule has 1 aliphatic rings. The Bertz CT molecular complexity index is 1070. The van der Waals surface area contributed by atoms with Crippen molar-refractivity contribution in [3.8, 4) is 5.69 Å². The summed E-state index contributed by atoms with van der Waals surface area (Å²) < 4.78 is 1.60. The van der Waals surface area contributed by atoms with Crippen LogP contribution in [0, 0.1) is 0 Å². The fourth-order valence-electron chi connectivity index (χ4n) is 2.74. The first kappa shape index (κ1) is 18.5. The molecular weight excluding hydrogens is 396 g/mol. The lowest BCUT2D eigenvalue weighted by Crippen LogP contribution is -2.26. The first-order chi connectivity index (χ1) is 13.5. The Morgan fingerprint density at radius 3 is 2.96 bits per heavy atom. The number of hydrogen-bond donors (Lipinski definition) is 2. The van der Waals surface area contributed by atoms with Crippen LogP contribution in [0.1, 0.15) is 17.3 Å². The molecule has 142 valence electrons. The third-order valence-corrected chi connectivity index (χ3v) is 5.94. The molecule has 1 aliphatic heterocycles. The number of nitrogens with zero attached hydrogens (tertiary/aromatic N) is 4. The zero-order chi connectivity index (χ0) is 19.7. The minimum absolute atomic E-state index is 0.0613. The van der Waals surface area contributed by atoms with Crippen LogP contribution in [-0.4, -0.2) is 43.5 Å². The molecule has 0 unspecified atom stereocenters. The Morgan fingerprint density at radius 1 is 1.29 bits per heavy atom. The molecule has 1 aromatic heterocycles. The molecule has 3 aromatic rings. The second-order valence-electron chi connectivity index (χ2n) is 6.04. The summed E-state index contributed by atoms with van der Waals surface area (Å²) >= 11 is 2.91. The van der Waals surface area contributed by atoms with Crippen LogP contribution >= 0.6 is 23.5 Å². The van der Waals surface area contributed by atoms with Gasteiger partial charge in [0, 0.05) is 16.1 Å². The van der Waals surface area contributed by atoms with E-state index < -0.39 is 0 Å². The number of hydrogen-bond acceptors (Lipinski definition) is 7. The van der Waals surface area contributed by atoms with E-state index in [1.54, 1.807) is 28.9 Å². The van der Waals surface area contributed by atoms with Gasteiger partial charge in [0.2, 0.25) is 11.1 Å². The van der Waals surface area contributed by atoms with E-state index in [-0.39, 0.29) is 17.1 Å². The third kappa shape index (κ3) is 3.60. The zero-order valence-electron chi connectivity index (χ0n) is 15.0. The molecule has 0 saturated carbocycles. The highest BCUT2D eigenvalue weighted by molar-refractivity contribution is 8.01. The second-order valence-corrected chi connectivity index (χ2v) is 8.20. The normalized spacial score (nSPS) is 15.6. The van der Waals surface area contributed by atoms with Crippen molar-refractivity contribution in [2.45, 2.75) is 22.2 Å². The number of anilines is 2. The Morgan fingerprint density at radius 2 is 2.14 bits per heavy atom. The van der Waals surface area contributed by atoms with Crippen molar-refractivity contribution < 1.29 is 9.59 Å². The van der Waals surface area contributed by atoms with E-state index in [1.807, 2.05) is 31.4 Å². The summed E-state index contributed by atoms with van der Waals surface area (Å²) in [7, 11) is 0. The van der Waals surface area contributed by atoms with Crippen LogP contribution in [0.15, 0.2) is 52.5 Å². The number of carbonyl (C=O) groups excluding carboxylic acids is 2. The SMILES string of the molecule is CSc1nnnn1-c1cccc(NC(=O)c2ccc3c(c2)NC(=O)[C@H](C)S3)c1.